The summed E-state index contributed by atoms with van der Waals surface area (Å²) in [5.41, 5.74) is 4.37. The van der Waals surface area contributed by atoms with Crippen LogP contribution in [0.1, 0.15) is 13.2 Å². The van der Waals surface area contributed by atoms with E-state index in [2.05, 4.69) is 13.8 Å². The number of aliphatic hydroxyl groups excluding tert-OH is 2. The molecule has 1 saturated heterocycles. The maximum Gasteiger partial charge on any atom is 0.479 e. The lowest BCUT2D eigenvalue weighted by Crippen LogP contribution is -2.48. The van der Waals surface area contributed by atoms with Gasteiger partial charge in [0.25, 0.3) is 5.08 Å². The number of nitrogens with two attached hydrogens (primary N) is 1. The lowest BCUT2D eigenvalue weighted by atomic mass is 10.1. The van der Waals surface area contributed by atoms with E-state index in [0.29, 0.717) is 0 Å². The summed E-state index contributed by atoms with van der Waals surface area (Å²) >= 11 is 0. The number of hydrogen-bond acceptors (Lipinski definition) is 14. The van der Waals surface area contributed by atoms with Gasteiger partial charge in [-0.05, 0) is 6.07 Å². The molecule has 3 unspecified atom stereocenters. The molecule has 2 rings (SSSR count). The molecular weight excluding hydrogens is 491 g/mol. The molecule has 0 radical (unpaired) electrons. The van der Waals surface area contributed by atoms with Gasteiger partial charge >= 0.3 is 21.1 Å². The Balaban J connectivity index is 2.10. The predicted molar refractivity (Wildman–Crippen MR) is 93.1 cm³/mol. The second-order valence-electron chi connectivity index (χ2n) is 6.42. The Bertz CT molecular complexity index is 963. The molecule has 0 aliphatic carbocycles. The van der Waals surface area contributed by atoms with Gasteiger partial charge in [-0.15, -0.1) is 7.94 Å². The summed E-state index contributed by atoms with van der Waals surface area (Å²) in [6.45, 7) is -1.01. The summed E-state index contributed by atoms with van der Waals surface area (Å²) in [5, 5.41) is 25.5. The van der Waals surface area contributed by atoms with Crippen molar-refractivity contribution in [3.63, 3.8) is 0 Å². The number of anilines is 1. The third-order valence-corrected chi connectivity index (χ3v) is 9.92. The van der Waals surface area contributed by atoms with Gasteiger partial charge in [0.05, 0.1) is 6.61 Å². The number of ether oxygens (including phenoxy) is 1. The zero-order valence-corrected chi connectivity index (χ0v) is 18.1. The van der Waals surface area contributed by atoms with Crippen LogP contribution in [0.15, 0.2) is 17.1 Å². The van der Waals surface area contributed by atoms with E-state index in [1.165, 1.54) is 6.07 Å². The molecule has 7 atom stereocenters. The Morgan fingerprint density at radius 1 is 1.32 bits per heavy atom. The van der Waals surface area contributed by atoms with Gasteiger partial charge in [-0.2, -0.15) is 4.98 Å². The number of aromatic nitrogens is 2. The van der Waals surface area contributed by atoms with Crippen LogP contribution in [0, 0.1) is 0 Å². The number of phosphoric acid groups is 1. The first kappa shape index (κ1) is 26.4. The maximum atomic E-state index is 11.9. The average Bonchev–Trinajstić information content (AvgIpc) is 2.86. The van der Waals surface area contributed by atoms with Crippen LogP contribution in [-0.2, 0) is 22.7 Å². The highest BCUT2D eigenvalue weighted by Gasteiger charge is 2.55. The first-order valence-electron chi connectivity index (χ1n) is 8.02. The third kappa shape index (κ3) is 5.55. The van der Waals surface area contributed by atoms with Gasteiger partial charge in [-0.1, -0.05) is 0 Å². The van der Waals surface area contributed by atoms with Gasteiger partial charge in [0.2, 0.25) is 0 Å². The monoisotopic (exact) mass is 509 g/mol. The summed E-state index contributed by atoms with van der Waals surface area (Å²) in [5.74, 6) is -0.141. The summed E-state index contributed by atoms with van der Waals surface area (Å²) in [7, 11) is -17.8. The second kappa shape index (κ2) is 8.82. The Morgan fingerprint density at radius 2 is 1.90 bits per heavy atom. The fourth-order valence-corrected chi connectivity index (χ4v) is 6.11. The van der Waals surface area contributed by atoms with Crippen molar-refractivity contribution in [3.8, 4) is 0 Å². The molecule has 0 bridgehead atoms. The number of hydrogen-bond donors (Lipinski definition) is 6. The van der Waals surface area contributed by atoms with Crippen molar-refractivity contribution in [2.75, 3.05) is 12.3 Å². The number of phosphoric ester groups is 1. The molecule has 17 nitrogen and oxygen atoms in total. The van der Waals surface area contributed by atoms with Gasteiger partial charge < -0.3 is 50.3 Å². The highest BCUT2D eigenvalue weighted by atomic mass is 31.3. The van der Waals surface area contributed by atoms with Crippen LogP contribution in [-0.4, -0.2) is 64.7 Å². The second-order valence-corrected chi connectivity index (χ2v) is 12.4. The van der Waals surface area contributed by atoms with Crippen LogP contribution in [0.3, 0.4) is 0 Å². The van der Waals surface area contributed by atoms with Gasteiger partial charge in [-0.3, -0.25) is 13.7 Å². The molecule has 1 aliphatic heterocycles. The lowest BCUT2D eigenvalue weighted by molar-refractivity contribution is -0.438. The summed E-state index contributed by atoms with van der Waals surface area (Å²) in [6, 6.07) is 1.18. The van der Waals surface area contributed by atoms with Crippen LogP contribution in [0.2, 0.25) is 0 Å². The first-order valence-corrected chi connectivity index (χ1v) is 12.6. The van der Waals surface area contributed by atoms with E-state index in [-0.39, 0.29) is 12.7 Å². The van der Waals surface area contributed by atoms with Crippen molar-refractivity contribution < 1.29 is 62.5 Å². The molecule has 178 valence electrons. The standard InChI is InChI=1S/C11H20N3O14P3/c1-11(18,29(19,20)21)30(22,23)28-31(24,25)26-4-5-7(15)8(16)9(27-5)14-3-2-6(12)13-10(14)17/h2-3,5,7-9,15-16,18H,4H2,1H3,(H,22,23)(H,24,25)(H2,12,13,17)(H2,19,20,21)/p-2/t5-,7-,8+,9-,11?/m1/s1. The molecule has 2 heterocycles. The van der Waals surface area contributed by atoms with E-state index >= 15 is 0 Å². The van der Waals surface area contributed by atoms with Crippen LogP contribution in [0.5, 0.6) is 0 Å². The number of rotatable bonds is 8. The Labute approximate surface area is 173 Å². The summed E-state index contributed by atoms with van der Waals surface area (Å²) in [6.07, 6.45) is -5.60. The minimum atomic E-state index is -6.20. The van der Waals surface area contributed by atoms with Crippen molar-refractivity contribution in [2.45, 2.75) is 36.5 Å². The minimum Gasteiger partial charge on any atom is -0.685 e. The van der Waals surface area contributed by atoms with Gasteiger partial charge in [0, 0.05) is 13.1 Å². The van der Waals surface area contributed by atoms with Gasteiger partial charge in [0.1, 0.15) is 24.1 Å². The molecule has 0 amide bonds. The predicted octanol–water partition coefficient (Wildman–Crippen LogP) is -4.73. The SMILES string of the molecule is CC(O)(P(=O)(O)OP(=O)(O)OC[C@H]1O[C@@H](n2ccc(N)nc2=O)[C@@H](O)[C@@H]1O)[P+]([O-])([O-])[O-]. The summed E-state index contributed by atoms with van der Waals surface area (Å²) < 4.78 is 37.8. The molecule has 0 aromatic carbocycles. The highest BCUT2D eigenvalue weighted by Crippen LogP contribution is 2.73. The molecule has 0 saturated carbocycles. The lowest BCUT2D eigenvalue weighted by Gasteiger charge is -2.51. The number of aliphatic hydroxyl groups is 3. The maximum absolute atomic E-state index is 11.9. The number of nitrogens with zero attached hydrogens (tertiary/aromatic N) is 2. The van der Waals surface area contributed by atoms with Crippen LogP contribution in [0.4, 0.5) is 5.82 Å². The third-order valence-electron chi connectivity index (χ3n) is 4.13. The molecule has 0 spiro atoms. The molecule has 1 fully saturated rings. The number of nitrogen functional groups attached to an aromatic ring is 1. The zero-order valence-electron chi connectivity index (χ0n) is 15.4. The van der Waals surface area contributed by atoms with Crippen molar-refractivity contribution in [1.82, 2.24) is 9.55 Å². The van der Waals surface area contributed by atoms with Crippen molar-refractivity contribution in [3.05, 3.63) is 22.7 Å². The van der Waals surface area contributed by atoms with Crippen molar-refractivity contribution >= 4 is 29.2 Å². The van der Waals surface area contributed by atoms with Crippen molar-refractivity contribution in [2.24, 2.45) is 0 Å². The van der Waals surface area contributed by atoms with E-state index in [1.807, 2.05) is 0 Å². The molecule has 31 heavy (non-hydrogen) atoms. The van der Waals surface area contributed by atoms with Crippen molar-refractivity contribution in [1.29, 1.82) is 0 Å². The average molecular weight is 509 g/mol. The minimum absolute atomic E-state index is 0.0811. The quantitative estimate of drug-likeness (QED) is 0.179. The molecule has 1 aromatic rings. The zero-order chi connectivity index (χ0) is 24.0. The molecule has 20 heteroatoms. The van der Waals surface area contributed by atoms with E-state index < -0.39 is 65.3 Å². The Morgan fingerprint density at radius 3 is 2.42 bits per heavy atom. The largest absolute Gasteiger partial charge is 0.685 e. The van der Waals surface area contributed by atoms with E-state index in [4.69, 9.17) is 10.5 Å². The molecule has 7 N–H and O–H groups in total. The van der Waals surface area contributed by atoms with Crippen LogP contribution in [0.25, 0.3) is 0 Å². The van der Waals surface area contributed by atoms with Crippen LogP contribution >= 0.6 is 23.4 Å². The van der Waals surface area contributed by atoms with Crippen LogP contribution < -0.4 is 26.1 Å². The molecular formula is C11H18N3O14P3-2. The Hall–Kier alpha value is -0.870. The fourth-order valence-electron chi connectivity index (χ4n) is 2.28. The summed E-state index contributed by atoms with van der Waals surface area (Å²) in [4.78, 5) is 67.0. The van der Waals surface area contributed by atoms with E-state index in [1.54, 1.807) is 0 Å². The smallest absolute Gasteiger partial charge is 0.479 e. The highest BCUT2D eigenvalue weighted by molar-refractivity contribution is 7.76. The molecule has 1 aliphatic rings. The van der Waals surface area contributed by atoms with E-state index in [9.17, 15) is 53.7 Å². The fraction of sp³-hybridized carbons (Fsp3) is 0.636. The van der Waals surface area contributed by atoms with E-state index in [0.717, 1.165) is 10.8 Å². The topological polar surface area (TPSA) is 293 Å². The molecule has 1 aromatic heterocycles. The normalized spacial score (nSPS) is 30.4. The van der Waals surface area contributed by atoms with Gasteiger partial charge in [-0.25, -0.2) is 13.7 Å². The first-order chi connectivity index (χ1) is 13.9. The Kier molecular flexibility index (Phi) is 7.50. The van der Waals surface area contributed by atoms with Gasteiger partial charge in [0.15, 0.2) is 6.23 Å².